The molecule has 2 saturated heterocycles. The molecule has 1 aromatic carbocycles. The molecule has 24 heavy (non-hydrogen) atoms. The van der Waals surface area contributed by atoms with Crippen LogP contribution in [0, 0.1) is 0 Å². The fraction of sp³-hybridized carbons (Fsp3) is 0.529. The number of esters is 1. The molecule has 1 aromatic rings. The van der Waals surface area contributed by atoms with Crippen molar-refractivity contribution in [1.82, 2.24) is 5.32 Å². The van der Waals surface area contributed by atoms with Crippen molar-refractivity contribution >= 4 is 12.1 Å². The molecule has 0 aromatic heterocycles. The number of hydrogen-bond donors (Lipinski definition) is 1. The van der Waals surface area contributed by atoms with Crippen molar-refractivity contribution in [1.29, 1.82) is 0 Å². The van der Waals surface area contributed by atoms with Gasteiger partial charge in [-0.1, -0.05) is 37.3 Å². The molecule has 7 heteroatoms. The van der Waals surface area contributed by atoms with Gasteiger partial charge in [-0.3, -0.25) is 4.79 Å². The third-order valence-corrected chi connectivity index (χ3v) is 4.07. The minimum atomic E-state index is -0.522. The molecule has 2 fully saturated rings. The first-order valence-electron chi connectivity index (χ1n) is 8.08. The van der Waals surface area contributed by atoms with E-state index in [0.29, 0.717) is 13.0 Å². The number of ether oxygens (including phenoxy) is 4. The van der Waals surface area contributed by atoms with Gasteiger partial charge in [0.05, 0.1) is 13.2 Å². The topological polar surface area (TPSA) is 83.1 Å². The molecule has 2 heterocycles. The number of alkyl carbamates (subject to hydrolysis) is 1. The second-order valence-corrected chi connectivity index (χ2v) is 5.76. The monoisotopic (exact) mass is 335 g/mol. The van der Waals surface area contributed by atoms with Gasteiger partial charge in [-0.15, -0.1) is 0 Å². The fourth-order valence-corrected chi connectivity index (χ4v) is 2.83. The Kier molecular flexibility index (Phi) is 5.32. The quantitative estimate of drug-likeness (QED) is 0.819. The van der Waals surface area contributed by atoms with E-state index in [1.807, 2.05) is 30.3 Å². The summed E-state index contributed by atoms with van der Waals surface area (Å²) in [5.41, 5.74) is 0.985. The van der Waals surface area contributed by atoms with Crippen LogP contribution in [0.3, 0.4) is 0 Å². The van der Waals surface area contributed by atoms with Gasteiger partial charge in [0.15, 0.2) is 12.2 Å². The zero-order chi connectivity index (χ0) is 16.9. The van der Waals surface area contributed by atoms with E-state index >= 15 is 0 Å². The lowest BCUT2D eigenvalue weighted by Gasteiger charge is -2.17. The molecule has 130 valence electrons. The van der Waals surface area contributed by atoms with Crippen LogP contribution in [0.5, 0.6) is 0 Å². The summed E-state index contributed by atoms with van der Waals surface area (Å²) in [5.74, 6) is -0.294. The zero-order valence-electron chi connectivity index (χ0n) is 13.5. The molecule has 3 rings (SSSR count). The SMILES string of the molecule is CCC(=O)O[C@@H]1CO[C@H]2[C@@H]1OC[C@@H]2OC(=O)NCc1ccccc1. The van der Waals surface area contributed by atoms with Gasteiger partial charge < -0.3 is 24.3 Å². The Morgan fingerprint density at radius 2 is 1.71 bits per heavy atom. The molecule has 0 unspecified atom stereocenters. The first-order chi connectivity index (χ1) is 11.7. The predicted molar refractivity (Wildman–Crippen MR) is 83.2 cm³/mol. The van der Waals surface area contributed by atoms with E-state index in [0.717, 1.165) is 5.56 Å². The number of nitrogens with one attached hydrogen (secondary N) is 1. The van der Waals surface area contributed by atoms with Gasteiger partial charge >= 0.3 is 12.1 Å². The molecule has 1 N–H and O–H groups in total. The Hall–Kier alpha value is -2.12. The van der Waals surface area contributed by atoms with Crippen molar-refractivity contribution in [3.63, 3.8) is 0 Å². The smallest absolute Gasteiger partial charge is 0.407 e. The summed E-state index contributed by atoms with van der Waals surface area (Å²) in [7, 11) is 0. The van der Waals surface area contributed by atoms with E-state index in [9.17, 15) is 9.59 Å². The molecule has 0 bridgehead atoms. The molecular formula is C17H21NO6. The minimum Gasteiger partial charge on any atom is -0.457 e. The molecule has 2 aliphatic rings. The van der Waals surface area contributed by atoms with Gasteiger partial charge in [-0.2, -0.15) is 0 Å². The number of amides is 1. The maximum Gasteiger partial charge on any atom is 0.407 e. The molecule has 2 aliphatic heterocycles. The second kappa shape index (κ2) is 7.63. The third-order valence-electron chi connectivity index (χ3n) is 4.07. The predicted octanol–water partition coefficient (Wildman–Crippen LogP) is 1.40. The standard InChI is InChI=1S/C17H21NO6/c1-2-14(19)23-12-9-21-16-13(10-22-15(12)16)24-17(20)18-8-11-6-4-3-5-7-11/h3-7,12-13,15-16H,2,8-10H2,1H3,(H,18,20)/t12-,13+,15-,16-/m1/s1. The molecule has 0 spiro atoms. The summed E-state index contributed by atoms with van der Waals surface area (Å²) in [6, 6.07) is 9.56. The van der Waals surface area contributed by atoms with Crippen LogP contribution in [0.4, 0.5) is 4.79 Å². The fourth-order valence-electron chi connectivity index (χ4n) is 2.83. The lowest BCUT2D eigenvalue weighted by molar-refractivity contribution is -0.153. The molecule has 1 amide bonds. The van der Waals surface area contributed by atoms with Gasteiger partial charge in [0.1, 0.15) is 12.2 Å². The highest BCUT2D eigenvalue weighted by molar-refractivity contribution is 5.69. The van der Waals surface area contributed by atoms with E-state index in [2.05, 4.69) is 5.32 Å². The van der Waals surface area contributed by atoms with E-state index in [1.54, 1.807) is 6.92 Å². The first-order valence-corrected chi connectivity index (χ1v) is 8.08. The van der Waals surface area contributed by atoms with Crippen LogP contribution in [0.15, 0.2) is 30.3 Å². The Morgan fingerprint density at radius 3 is 2.33 bits per heavy atom. The third kappa shape index (κ3) is 3.85. The molecule has 0 radical (unpaired) electrons. The Balaban J connectivity index is 1.47. The van der Waals surface area contributed by atoms with Gasteiger partial charge in [-0.25, -0.2) is 4.79 Å². The van der Waals surface area contributed by atoms with Crippen molar-refractivity contribution in [2.24, 2.45) is 0 Å². The maximum absolute atomic E-state index is 11.9. The molecule has 0 saturated carbocycles. The first kappa shape index (κ1) is 16.7. The van der Waals surface area contributed by atoms with E-state index in [1.165, 1.54) is 0 Å². The maximum atomic E-state index is 11.9. The largest absolute Gasteiger partial charge is 0.457 e. The summed E-state index contributed by atoms with van der Waals surface area (Å²) in [5, 5.41) is 2.70. The summed E-state index contributed by atoms with van der Waals surface area (Å²) >= 11 is 0. The summed E-state index contributed by atoms with van der Waals surface area (Å²) in [4.78, 5) is 23.3. The lowest BCUT2D eigenvalue weighted by Crippen LogP contribution is -2.38. The Bertz CT molecular complexity index is 578. The van der Waals surface area contributed by atoms with Crippen molar-refractivity contribution in [2.75, 3.05) is 13.2 Å². The van der Waals surface area contributed by atoms with Crippen LogP contribution >= 0.6 is 0 Å². The van der Waals surface area contributed by atoms with E-state index in [-0.39, 0.29) is 25.3 Å². The van der Waals surface area contributed by atoms with Crippen molar-refractivity contribution in [3.8, 4) is 0 Å². The number of rotatable bonds is 5. The lowest BCUT2D eigenvalue weighted by atomic mass is 10.1. The second-order valence-electron chi connectivity index (χ2n) is 5.76. The normalized spacial score (nSPS) is 28.2. The van der Waals surface area contributed by atoms with Gasteiger partial charge in [0, 0.05) is 13.0 Å². The summed E-state index contributed by atoms with van der Waals surface area (Å²) < 4.78 is 21.9. The van der Waals surface area contributed by atoms with Crippen molar-refractivity contribution < 1.29 is 28.5 Å². The zero-order valence-corrected chi connectivity index (χ0v) is 13.5. The van der Waals surface area contributed by atoms with Crippen LogP contribution in [0.1, 0.15) is 18.9 Å². The van der Waals surface area contributed by atoms with Crippen LogP contribution in [0.25, 0.3) is 0 Å². The minimum absolute atomic E-state index is 0.230. The van der Waals surface area contributed by atoms with Crippen LogP contribution in [-0.4, -0.2) is 49.7 Å². The van der Waals surface area contributed by atoms with Gasteiger partial charge in [0.2, 0.25) is 0 Å². The van der Waals surface area contributed by atoms with Crippen LogP contribution in [-0.2, 0) is 30.3 Å². The van der Waals surface area contributed by atoms with E-state index in [4.69, 9.17) is 18.9 Å². The highest BCUT2D eigenvalue weighted by Crippen LogP contribution is 2.30. The Morgan fingerprint density at radius 1 is 1.08 bits per heavy atom. The van der Waals surface area contributed by atoms with Crippen LogP contribution in [0.2, 0.25) is 0 Å². The Labute approximate surface area is 140 Å². The molecule has 4 atom stereocenters. The number of carbonyl (C=O) groups excluding carboxylic acids is 2. The highest BCUT2D eigenvalue weighted by atomic mass is 16.7. The van der Waals surface area contributed by atoms with E-state index < -0.39 is 24.4 Å². The highest BCUT2D eigenvalue weighted by Gasteiger charge is 2.51. The molecular weight excluding hydrogens is 314 g/mol. The number of benzene rings is 1. The van der Waals surface area contributed by atoms with Crippen molar-refractivity contribution in [2.45, 2.75) is 44.3 Å². The summed E-state index contributed by atoms with van der Waals surface area (Å²) in [6.45, 7) is 2.61. The van der Waals surface area contributed by atoms with Crippen LogP contribution < -0.4 is 5.32 Å². The number of hydrogen-bond acceptors (Lipinski definition) is 6. The van der Waals surface area contributed by atoms with Gasteiger partial charge in [0.25, 0.3) is 0 Å². The summed E-state index contributed by atoms with van der Waals surface area (Å²) in [6.07, 6.45) is -1.95. The molecule has 7 nitrogen and oxygen atoms in total. The number of fused-ring (bicyclic) bond motifs is 1. The van der Waals surface area contributed by atoms with Gasteiger partial charge in [-0.05, 0) is 5.56 Å². The number of carbonyl (C=O) groups is 2. The average Bonchev–Trinajstić information content (AvgIpc) is 3.18. The molecule has 0 aliphatic carbocycles. The average molecular weight is 335 g/mol. The van der Waals surface area contributed by atoms with Crippen molar-refractivity contribution in [3.05, 3.63) is 35.9 Å².